The van der Waals surface area contributed by atoms with Gasteiger partial charge >= 0.3 is 22.8 Å². The van der Waals surface area contributed by atoms with Gasteiger partial charge < -0.3 is 15.0 Å². The van der Waals surface area contributed by atoms with Crippen LogP contribution in [0, 0.1) is 0 Å². The number of anilines is 2. The van der Waals surface area contributed by atoms with E-state index in [-0.39, 0.29) is 24.6 Å². The molecule has 2 amide bonds. The van der Waals surface area contributed by atoms with Crippen LogP contribution in [0.25, 0.3) is 0 Å². The first-order valence-corrected chi connectivity index (χ1v) is 10.4. The number of alkyl halides is 5. The van der Waals surface area contributed by atoms with E-state index in [1.54, 1.807) is 0 Å². The van der Waals surface area contributed by atoms with Crippen LogP contribution in [-0.2, 0) is 16.7 Å². The molecule has 0 unspecified atom stereocenters. The van der Waals surface area contributed by atoms with Crippen molar-refractivity contribution in [1.82, 2.24) is 9.97 Å². The third kappa shape index (κ3) is 6.43. The molecule has 16 heteroatoms. The number of piperidine rings is 1. The molecule has 10 nitrogen and oxygen atoms in total. The molecule has 34 heavy (non-hydrogen) atoms. The summed E-state index contributed by atoms with van der Waals surface area (Å²) in [5.74, 6) is -4.66. The average molecular weight is 507 g/mol. The highest BCUT2D eigenvalue weighted by molar-refractivity contribution is 7.62. The highest BCUT2D eigenvalue weighted by Gasteiger charge is 2.37. The lowest BCUT2D eigenvalue weighted by atomic mass is 10.1. The Morgan fingerprint density at radius 2 is 1.82 bits per heavy atom. The smallest absolute Gasteiger partial charge is 0.389 e. The van der Waals surface area contributed by atoms with E-state index in [9.17, 15) is 40.0 Å². The highest BCUT2D eigenvalue weighted by atomic mass is 32.2. The van der Waals surface area contributed by atoms with Gasteiger partial charge in [0.25, 0.3) is 11.8 Å². The van der Waals surface area contributed by atoms with Gasteiger partial charge in [-0.1, -0.05) is 4.36 Å². The molecular formula is C18H14F5N5O5S. The van der Waals surface area contributed by atoms with E-state index in [0.717, 1.165) is 12.3 Å². The molecule has 0 spiro atoms. The van der Waals surface area contributed by atoms with Crippen molar-refractivity contribution in [3.05, 3.63) is 41.7 Å². The fourth-order valence-electron chi connectivity index (χ4n) is 2.99. The molecule has 1 N–H and O–H groups in total. The molecule has 2 aromatic heterocycles. The maximum absolute atomic E-state index is 13.5. The zero-order valence-electron chi connectivity index (χ0n) is 16.8. The van der Waals surface area contributed by atoms with Gasteiger partial charge in [0.2, 0.25) is 5.88 Å². The predicted octanol–water partition coefficient (Wildman–Crippen LogP) is 3.54. The number of ether oxygens (including phenoxy) is 1. The number of carbonyl (C=O) groups is 2. The number of carbonyl (C=O) groups excluding carboxylic acids is 2. The van der Waals surface area contributed by atoms with Crippen molar-refractivity contribution in [3.63, 3.8) is 0 Å². The molecule has 1 aliphatic rings. The van der Waals surface area contributed by atoms with Crippen LogP contribution in [0.1, 0.15) is 28.8 Å². The second-order valence-electron chi connectivity index (χ2n) is 6.95. The topological polar surface area (TPSA) is 131 Å². The molecule has 182 valence electrons. The summed E-state index contributed by atoms with van der Waals surface area (Å²) in [5.41, 5.74) is -1.83. The maximum atomic E-state index is 13.5. The minimum Gasteiger partial charge on any atom is -0.389 e. The first kappa shape index (κ1) is 24.9. The van der Waals surface area contributed by atoms with Gasteiger partial charge in [-0.25, -0.2) is 23.5 Å². The van der Waals surface area contributed by atoms with Gasteiger partial charge in [-0.3, -0.25) is 4.79 Å². The zero-order chi connectivity index (χ0) is 25.1. The van der Waals surface area contributed by atoms with Gasteiger partial charge in [-0.15, -0.1) is 0 Å². The SMILES string of the molecule is O=C(N=S(=O)=O)Oc1cc(NC(=O)c2cc(C(F)(F)F)cnc2N2CCC(F)(F)CC2)ccn1. The first-order chi connectivity index (χ1) is 15.8. The molecule has 0 atom stereocenters. The Morgan fingerprint density at radius 1 is 1.15 bits per heavy atom. The van der Waals surface area contributed by atoms with Crippen molar-refractivity contribution in [2.24, 2.45) is 4.36 Å². The number of nitrogens with zero attached hydrogens (tertiary/aromatic N) is 4. The van der Waals surface area contributed by atoms with Crippen LogP contribution >= 0.6 is 0 Å². The van der Waals surface area contributed by atoms with E-state index >= 15 is 0 Å². The van der Waals surface area contributed by atoms with E-state index in [1.165, 1.54) is 11.0 Å². The number of halogens is 5. The number of hydrogen-bond acceptors (Lipinski definition) is 8. The summed E-state index contributed by atoms with van der Waals surface area (Å²) in [6.45, 7) is -0.461. The number of amides is 2. The second kappa shape index (κ2) is 9.66. The van der Waals surface area contributed by atoms with E-state index in [4.69, 9.17) is 0 Å². The number of rotatable bonds is 4. The van der Waals surface area contributed by atoms with Gasteiger partial charge in [-0.2, -0.15) is 21.6 Å². The molecule has 0 saturated carbocycles. The van der Waals surface area contributed by atoms with Crippen LogP contribution < -0.4 is 15.0 Å². The third-order valence-electron chi connectivity index (χ3n) is 4.57. The Labute approximate surface area is 189 Å². The minimum absolute atomic E-state index is 0.0837. The van der Waals surface area contributed by atoms with Gasteiger partial charge in [0.05, 0.1) is 11.1 Å². The Morgan fingerprint density at radius 3 is 2.44 bits per heavy atom. The fourth-order valence-corrected chi connectivity index (χ4v) is 3.15. The van der Waals surface area contributed by atoms with E-state index < -0.39 is 64.4 Å². The van der Waals surface area contributed by atoms with Gasteiger partial charge in [0.1, 0.15) is 5.82 Å². The van der Waals surface area contributed by atoms with Crippen molar-refractivity contribution >= 4 is 34.0 Å². The third-order valence-corrected chi connectivity index (χ3v) is 4.86. The van der Waals surface area contributed by atoms with E-state index in [2.05, 4.69) is 24.4 Å². The fraction of sp³-hybridized carbons (Fsp3) is 0.333. The summed E-state index contributed by atoms with van der Waals surface area (Å²) < 4.78 is 94.5. The van der Waals surface area contributed by atoms with Crippen molar-refractivity contribution in [2.75, 3.05) is 23.3 Å². The summed E-state index contributed by atoms with van der Waals surface area (Å²) in [6, 6.07) is 2.75. The Kier molecular flexibility index (Phi) is 7.09. The summed E-state index contributed by atoms with van der Waals surface area (Å²) in [4.78, 5) is 32.8. The predicted molar refractivity (Wildman–Crippen MR) is 105 cm³/mol. The maximum Gasteiger partial charge on any atom is 0.455 e. The monoisotopic (exact) mass is 507 g/mol. The molecular weight excluding hydrogens is 493 g/mol. The van der Waals surface area contributed by atoms with Crippen molar-refractivity contribution < 1.29 is 44.7 Å². The largest absolute Gasteiger partial charge is 0.455 e. The number of nitrogens with one attached hydrogen (secondary N) is 1. The van der Waals surface area contributed by atoms with Gasteiger partial charge in [0.15, 0.2) is 0 Å². The molecule has 3 rings (SSSR count). The van der Waals surface area contributed by atoms with Crippen LogP contribution in [0.3, 0.4) is 0 Å². The van der Waals surface area contributed by atoms with Crippen molar-refractivity contribution in [2.45, 2.75) is 24.9 Å². The van der Waals surface area contributed by atoms with Crippen LogP contribution in [0.5, 0.6) is 5.88 Å². The summed E-state index contributed by atoms with van der Waals surface area (Å²) >= 11 is 0. The lowest BCUT2D eigenvalue weighted by Crippen LogP contribution is -2.40. The Bertz CT molecular complexity index is 1230. The Balaban J connectivity index is 1.89. The average Bonchev–Trinajstić information content (AvgIpc) is 2.72. The summed E-state index contributed by atoms with van der Waals surface area (Å²) in [5, 5.41) is 2.28. The number of pyridine rings is 2. The van der Waals surface area contributed by atoms with Crippen LogP contribution in [0.15, 0.2) is 35.0 Å². The molecule has 3 heterocycles. The molecule has 1 aliphatic heterocycles. The molecule has 0 radical (unpaired) electrons. The number of aromatic nitrogens is 2. The number of hydrogen-bond donors (Lipinski definition) is 1. The van der Waals surface area contributed by atoms with Crippen molar-refractivity contribution in [3.8, 4) is 5.88 Å². The van der Waals surface area contributed by atoms with Crippen LogP contribution in [0.2, 0.25) is 0 Å². The second-order valence-corrected chi connectivity index (χ2v) is 7.57. The standard InChI is InChI=1S/C18H14F5N5O5S/c19-17(20)2-5-28(6-3-17)14-12(7-10(9-25-14)18(21,22)23)15(29)26-11-1-4-24-13(8-11)33-16(30)27-34(31)32/h1,4,7-9H,2-3,5-6H2,(H,24,26,29). The normalized spacial score (nSPS) is 15.4. The molecule has 1 saturated heterocycles. The zero-order valence-corrected chi connectivity index (χ0v) is 17.7. The minimum atomic E-state index is -4.82. The highest BCUT2D eigenvalue weighted by Crippen LogP contribution is 2.35. The first-order valence-electron chi connectivity index (χ1n) is 9.34. The molecule has 0 aliphatic carbocycles. The Hall–Kier alpha value is -3.69. The molecule has 0 bridgehead atoms. The van der Waals surface area contributed by atoms with Crippen LogP contribution in [0.4, 0.5) is 38.3 Å². The molecule has 1 fully saturated rings. The lowest BCUT2D eigenvalue weighted by molar-refractivity contribution is -0.137. The van der Waals surface area contributed by atoms with Crippen molar-refractivity contribution in [1.29, 1.82) is 0 Å². The van der Waals surface area contributed by atoms with Crippen LogP contribution in [-0.4, -0.2) is 49.4 Å². The van der Waals surface area contributed by atoms with Gasteiger partial charge in [0, 0.05) is 50.1 Å². The quantitative estimate of drug-likeness (QED) is 0.622. The molecule has 2 aromatic rings. The summed E-state index contributed by atoms with van der Waals surface area (Å²) in [7, 11) is -3.08. The van der Waals surface area contributed by atoms with E-state index in [1.807, 2.05) is 0 Å². The van der Waals surface area contributed by atoms with E-state index in [0.29, 0.717) is 12.3 Å². The lowest BCUT2D eigenvalue weighted by Gasteiger charge is -2.33. The van der Waals surface area contributed by atoms with Gasteiger partial charge in [-0.05, 0) is 12.1 Å². The molecule has 0 aromatic carbocycles. The summed E-state index contributed by atoms with van der Waals surface area (Å²) in [6.07, 6.45) is -5.89.